The Hall–Kier alpha value is -2.03. The lowest BCUT2D eigenvalue weighted by atomic mass is 10.1. The van der Waals surface area contributed by atoms with Crippen LogP contribution in [0.2, 0.25) is 0 Å². The van der Waals surface area contributed by atoms with Crippen LogP contribution in [0.1, 0.15) is 45.4 Å². The molecule has 4 N–H and O–H groups in total. The minimum Gasteiger partial charge on any atom is -0.385 e. The van der Waals surface area contributed by atoms with Gasteiger partial charge in [-0.2, -0.15) is 5.26 Å². The number of urea groups is 1. The van der Waals surface area contributed by atoms with Gasteiger partial charge in [-0.1, -0.05) is 25.7 Å². The summed E-state index contributed by atoms with van der Waals surface area (Å²) in [6.45, 7) is 1.67. The minimum atomic E-state index is -0.958. The molecule has 0 aromatic heterocycles. The van der Waals surface area contributed by atoms with E-state index in [4.69, 9.17) is 11.0 Å². The zero-order valence-corrected chi connectivity index (χ0v) is 11.2. The zero-order chi connectivity index (χ0) is 14.3. The van der Waals surface area contributed by atoms with Crippen LogP contribution in [0.15, 0.2) is 11.3 Å². The van der Waals surface area contributed by atoms with Crippen LogP contribution < -0.4 is 16.4 Å². The molecule has 0 aliphatic heterocycles. The number of allylic oxidation sites excluding steroid dienone is 1. The topological polar surface area (TPSA) is 108 Å². The number of hydrogen-bond donors (Lipinski definition) is 3. The molecule has 0 unspecified atom stereocenters. The molecule has 0 aromatic carbocycles. The maximum atomic E-state index is 11.6. The van der Waals surface area contributed by atoms with Crippen LogP contribution in [-0.4, -0.2) is 18.0 Å². The standard InChI is InChI=1S/C13H20N4O2/c1-9(11(8-14)12(18)17-13(15)19)16-10-6-4-2-3-5-7-10/h10,16H,2-7H2,1H3,(H3,15,17,18,19)/b11-9-. The monoisotopic (exact) mass is 264 g/mol. The summed E-state index contributed by atoms with van der Waals surface area (Å²) < 4.78 is 0. The molecule has 0 aromatic rings. The molecule has 6 heteroatoms. The van der Waals surface area contributed by atoms with Crippen LogP contribution in [0.25, 0.3) is 0 Å². The van der Waals surface area contributed by atoms with E-state index in [9.17, 15) is 9.59 Å². The number of imide groups is 1. The van der Waals surface area contributed by atoms with Crippen molar-refractivity contribution in [2.24, 2.45) is 5.73 Å². The van der Waals surface area contributed by atoms with Crippen molar-refractivity contribution in [2.75, 3.05) is 0 Å². The van der Waals surface area contributed by atoms with Crippen LogP contribution >= 0.6 is 0 Å². The summed E-state index contributed by atoms with van der Waals surface area (Å²) >= 11 is 0. The summed E-state index contributed by atoms with van der Waals surface area (Å²) in [5, 5.41) is 14.1. The molecule has 1 aliphatic carbocycles. The van der Waals surface area contributed by atoms with Gasteiger partial charge in [0, 0.05) is 11.7 Å². The van der Waals surface area contributed by atoms with Crippen molar-refractivity contribution in [3.63, 3.8) is 0 Å². The molecule has 0 atom stereocenters. The first-order valence-corrected chi connectivity index (χ1v) is 6.53. The van der Waals surface area contributed by atoms with Crippen molar-refractivity contribution in [3.05, 3.63) is 11.3 Å². The molecule has 1 saturated carbocycles. The molecule has 0 radical (unpaired) electrons. The van der Waals surface area contributed by atoms with Gasteiger partial charge in [0.2, 0.25) is 0 Å². The third-order valence-corrected chi connectivity index (χ3v) is 3.23. The summed E-state index contributed by atoms with van der Waals surface area (Å²) in [6.07, 6.45) is 6.84. The second kappa shape index (κ2) is 7.41. The van der Waals surface area contributed by atoms with Gasteiger partial charge in [-0.05, 0) is 19.8 Å². The fourth-order valence-electron chi connectivity index (χ4n) is 2.28. The highest BCUT2D eigenvalue weighted by Crippen LogP contribution is 2.18. The van der Waals surface area contributed by atoms with E-state index in [2.05, 4.69) is 5.32 Å². The summed E-state index contributed by atoms with van der Waals surface area (Å²) in [7, 11) is 0. The fraction of sp³-hybridized carbons (Fsp3) is 0.615. The molecule has 1 aliphatic rings. The first-order chi connectivity index (χ1) is 9.04. The number of hydrogen-bond acceptors (Lipinski definition) is 4. The number of carbonyl (C=O) groups is 2. The van der Waals surface area contributed by atoms with E-state index < -0.39 is 11.9 Å². The second-order valence-corrected chi connectivity index (χ2v) is 4.76. The summed E-state index contributed by atoms with van der Waals surface area (Å²) in [5.41, 5.74) is 5.27. The van der Waals surface area contributed by atoms with E-state index in [-0.39, 0.29) is 11.6 Å². The molecule has 1 fully saturated rings. The van der Waals surface area contributed by atoms with Gasteiger partial charge in [0.05, 0.1) is 0 Å². The van der Waals surface area contributed by atoms with E-state index in [1.54, 1.807) is 6.92 Å². The van der Waals surface area contributed by atoms with E-state index in [0.29, 0.717) is 5.70 Å². The number of carbonyl (C=O) groups excluding carboxylic acids is 2. The van der Waals surface area contributed by atoms with Crippen LogP contribution in [0.4, 0.5) is 4.79 Å². The van der Waals surface area contributed by atoms with Crippen molar-refractivity contribution < 1.29 is 9.59 Å². The van der Waals surface area contributed by atoms with Crippen LogP contribution in [0.3, 0.4) is 0 Å². The molecule has 1 rings (SSSR count). The largest absolute Gasteiger partial charge is 0.385 e. The highest BCUT2D eigenvalue weighted by molar-refractivity contribution is 6.06. The predicted octanol–water partition coefficient (Wildman–Crippen LogP) is 1.29. The van der Waals surface area contributed by atoms with Gasteiger partial charge in [0.25, 0.3) is 5.91 Å². The Kier molecular flexibility index (Phi) is 5.86. The lowest BCUT2D eigenvalue weighted by molar-refractivity contribution is -0.116. The highest BCUT2D eigenvalue weighted by Gasteiger charge is 2.17. The lowest BCUT2D eigenvalue weighted by Crippen LogP contribution is -2.37. The van der Waals surface area contributed by atoms with Gasteiger partial charge >= 0.3 is 6.03 Å². The molecule has 0 heterocycles. The molecule has 19 heavy (non-hydrogen) atoms. The zero-order valence-electron chi connectivity index (χ0n) is 11.2. The molecule has 104 valence electrons. The van der Waals surface area contributed by atoms with E-state index in [1.807, 2.05) is 11.4 Å². The molecular weight excluding hydrogens is 244 g/mol. The number of nitrogens with one attached hydrogen (secondary N) is 2. The SMILES string of the molecule is C/C(NC1CCCCCC1)=C(\C#N)C(=O)NC(N)=O. The minimum absolute atomic E-state index is 0.0944. The smallest absolute Gasteiger partial charge is 0.319 e. The molecule has 3 amide bonds. The van der Waals surface area contributed by atoms with E-state index in [1.165, 1.54) is 12.8 Å². The molecule has 0 saturated heterocycles. The van der Waals surface area contributed by atoms with Crippen molar-refractivity contribution in [2.45, 2.75) is 51.5 Å². The summed E-state index contributed by atoms with van der Waals surface area (Å²) in [4.78, 5) is 22.2. The maximum absolute atomic E-state index is 11.6. The van der Waals surface area contributed by atoms with Crippen LogP contribution in [-0.2, 0) is 4.79 Å². The first-order valence-electron chi connectivity index (χ1n) is 6.53. The number of nitrogens with zero attached hydrogens (tertiary/aromatic N) is 1. The number of rotatable bonds is 3. The van der Waals surface area contributed by atoms with Gasteiger partial charge in [0.15, 0.2) is 0 Å². The van der Waals surface area contributed by atoms with Gasteiger partial charge < -0.3 is 11.1 Å². The Bertz CT molecular complexity index is 415. The Morgan fingerprint density at radius 3 is 2.26 bits per heavy atom. The molecule has 0 bridgehead atoms. The number of nitrogens with two attached hydrogens (primary N) is 1. The van der Waals surface area contributed by atoms with Gasteiger partial charge in [-0.15, -0.1) is 0 Å². The Labute approximate surface area is 113 Å². The van der Waals surface area contributed by atoms with Crippen molar-refractivity contribution in [1.82, 2.24) is 10.6 Å². The van der Waals surface area contributed by atoms with E-state index in [0.717, 1.165) is 25.7 Å². The number of amides is 3. The molecule has 0 spiro atoms. The fourth-order valence-corrected chi connectivity index (χ4v) is 2.28. The van der Waals surface area contributed by atoms with Crippen molar-refractivity contribution in [1.29, 1.82) is 5.26 Å². The van der Waals surface area contributed by atoms with Gasteiger partial charge in [-0.3, -0.25) is 10.1 Å². The second-order valence-electron chi connectivity index (χ2n) is 4.76. The maximum Gasteiger partial charge on any atom is 0.319 e. The lowest BCUT2D eigenvalue weighted by Gasteiger charge is -2.18. The number of nitriles is 1. The number of primary amides is 1. The highest BCUT2D eigenvalue weighted by atomic mass is 16.2. The Morgan fingerprint density at radius 1 is 1.21 bits per heavy atom. The van der Waals surface area contributed by atoms with Gasteiger partial charge in [-0.25, -0.2) is 4.79 Å². The summed E-state index contributed by atoms with van der Waals surface area (Å²) in [5.74, 6) is -0.756. The average molecular weight is 264 g/mol. The molecule has 6 nitrogen and oxygen atoms in total. The Morgan fingerprint density at radius 2 is 1.79 bits per heavy atom. The average Bonchev–Trinajstić information content (AvgIpc) is 2.57. The van der Waals surface area contributed by atoms with Crippen molar-refractivity contribution >= 4 is 11.9 Å². The predicted molar refractivity (Wildman–Crippen MR) is 70.7 cm³/mol. The third kappa shape index (κ3) is 5.00. The van der Waals surface area contributed by atoms with E-state index >= 15 is 0 Å². The molecular formula is C13H20N4O2. The summed E-state index contributed by atoms with van der Waals surface area (Å²) in [6, 6.07) is 1.14. The van der Waals surface area contributed by atoms with Gasteiger partial charge in [0.1, 0.15) is 11.6 Å². The quantitative estimate of drug-likeness (QED) is 0.405. The Balaban J connectivity index is 2.71. The van der Waals surface area contributed by atoms with Crippen LogP contribution in [0.5, 0.6) is 0 Å². The van der Waals surface area contributed by atoms with Crippen molar-refractivity contribution in [3.8, 4) is 6.07 Å². The third-order valence-electron chi connectivity index (χ3n) is 3.23. The normalized spacial score (nSPS) is 17.7. The van der Waals surface area contributed by atoms with Crippen LogP contribution in [0, 0.1) is 11.3 Å². The first kappa shape index (κ1) is 15.0.